The van der Waals surface area contributed by atoms with Crippen LogP contribution in [0.3, 0.4) is 0 Å². The van der Waals surface area contributed by atoms with Gasteiger partial charge in [-0.2, -0.15) is 0 Å². The van der Waals surface area contributed by atoms with Crippen LogP contribution < -0.4 is 5.73 Å². The minimum Gasteiger partial charge on any atom is -0.327 e. The van der Waals surface area contributed by atoms with Crippen LogP contribution in [0.4, 0.5) is 4.39 Å². The lowest BCUT2D eigenvalue weighted by atomic mass is 10.1. The van der Waals surface area contributed by atoms with Crippen molar-refractivity contribution in [2.24, 2.45) is 5.73 Å². The van der Waals surface area contributed by atoms with E-state index in [1.807, 2.05) is 12.1 Å². The topological polar surface area (TPSA) is 26.0 Å². The quantitative estimate of drug-likeness (QED) is 0.753. The zero-order chi connectivity index (χ0) is 14.5. The predicted octanol–water partition coefficient (Wildman–Crippen LogP) is 4.90. The van der Waals surface area contributed by atoms with E-state index in [9.17, 15) is 4.39 Å². The number of thioether (sulfide) groups is 1. The molecule has 0 aliphatic heterocycles. The van der Waals surface area contributed by atoms with Gasteiger partial charge in [-0.15, -0.1) is 11.8 Å². The van der Waals surface area contributed by atoms with Crippen molar-refractivity contribution in [1.82, 2.24) is 0 Å². The molecule has 1 atom stereocenters. The monoisotopic (exact) mass is 373 g/mol. The van der Waals surface area contributed by atoms with Gasteiger partial charge < -0.3 is 5.73 Å². The second-order valence-corrected chi connectivity index (χ2v) is 6.90. The first-order valence-electron chi connectivity index (χ1n) is 6.12. The molecule has 0 amide bonds. The Hall–Kier alpha value is -0.550. The number of rotatable bonds is 5. The van der Waals surface area contributed by atoms with Crippen molar-refractivity contribution >= 4 is 39.3 Å². The van der Waals surface area contributed by atoms with Crippen LogP contribution in [-0.2, 0) is 6.42 Å². The van der Waals surface area contributed by atoms with Gasteiger partial charge in [0.25, 0.3) is 0 Å². The maximum atomic E-state index is 13.1. The van der Waals surface area contributed by atoms with Gasteiger partial charge in [-0.05, 0) is 42.3 Å². The zero-order valence-electron chi connectivity index (χ0n) is 10.7. The second-order valence-electron chi connectivity index (χ2n) is 4.48. The van der Waals surface area contributed by atoms with Crippen LogP contribution in [0.5, 0.6) is 0 Å². The van der Waals surface area contributed by atoms with Gasteiger partial charge in [0, 0.05) is 21.2 Å². The van der Waals surface area contributed by atoms with Crippen LogP contribution in [0.15, 0.2) is 51.8 Å². The van der Waals surface area contributed by atoms with Crippen molar-refractivity contribution in [2.75, 3.05) is 5.75 Å². The summed E-state index contributed by atoms with van der Waals surface area (Å²) in [7, 11) is 0. The molecule has 1 nitrogen and oxygen atoms in total. The van der Waals surface area contributed by atoms with Gasteiger partial charge in [0.05, 0.1) is 5.02 Å². The van der Waals surface area contributed by atoms with Crippen molar-refractivity contribution in [2.45, 2.75) is 17.4 Å². The maximum Gasteiger partial charge on any atom is 0.141 e. The minimum atomic E-state index is -0.396. The van der Waals surface area contributed by atoms with E-state index in [-0.39, 0.29) is 11.1 Å². The molecule has 20 heavy (non-hydrogen) atoms. The molecule has 0 aromatic heterocycles. The summed E-state index contributed by atoms with van der Waals surface area (Å²) >= 11 is 10.9. The molecule has 0 aliphatic rings. The van der Waals surface area contributed by atoms with Crippen molar-refractivity contribution in [3.05, 3.63) is 63.3 Å². The average molecular weight is 375 g/mol. The first-order chi connectivity index (χ1) is 9.54. The zero-order valence-corrected chi connectivity index (χ0v) is 13.8. The Morgan fingerprint density at radius 3 is 2.75 bits per heavy atom. The van der Waals surface area contributed by atoms with Gasteiger partial charge in [0.1, 0.15) is 5.82 Å². The summed E-state index contributed by atoms with van der Waals surface area (Å²) in [6.45, 7) is 0. The Bertz CT molecular complexity index is 594. The molecule has 2 aromatic carbocycles. The number of halogens is 3. The molecule has 2 aromatic rings. The van der Waals surface area contributed by atoms with E-state index >= 15 is 0 Å². The summed E-state index contributed by atoms with van der Waals surface area (Å²) in [5, 5.41) is 0.148. The third-order valence-corrected chi connectivity index (χ3v) is 4.71. The number of hydrogen-bond donors (Lipinski definition) is 1. The van der Waals surface area contributed by atoms with Crippen LogP contribution in [0, 0.1) is 5.82 Å². The number of nitrogens with two attached hydrogens (primary N) is 1. The van der Waals surface area contributed by atoms with Gasteiger partial charge in [0.2, 0.25) is 0 Å². The summed E-state index contributed by atoms with van der Waals surface area (Å²) in [6, 6.07) is 12.9. The molecule has 0 bridgehead atoms. The standard InChI is InChI=1S/C15H14BrClFNS/c16-11-2-1-3-13(8-11)20-9-12(19)6-10-4-5-15(18)14(17)7-10/h1-5,7-8,12H,6,9,19H2. The fourth-order valence-electron chi connectivity index (χ4n) is 1.79. The number of hydrogen-bond acceptors (Lipinski definition) is 2. The van der Waals surface area contributed by atoms with E-state index in [1.165, 1.54) is 11.0 Å². The van der Waals surface area contributed by atoms with Crippen LogP contribution >= 0.6 is 39.3 Å². The molecule has 0 aliphatic carbocycles. The highest BCUT2D eigenvalue weighted by Crippen LogP contribution is 2.23. The highest BCUT2D eigenvalue weighted by atomic mass is 79.9. The first kappa shape index (κ1) is 15.8. The lowest BCUT2D eigenvalue weighted by Crippen LogP contribution is -2.25. The molecular formula is C15H14BrClFNS. The first-order valence-corrected chi connectivity index (χ1v) is 8.28. The third-order valence-electron chi connectivity index (χ3n) is 2.74. The Balaban J connectivity index is 1.89. The van der Waals surface area contributed by atoms with Gasteiger partial charge in [0.15, 0.2) is 0 Å². The van der Waals surface area contributed by atoms with Gasteiger partial charge >= 0.3 is 0 Å². The Kier molecular flexibility index (Phi) is 5.90. The average Bonchev–Trinajstić information content (AvgIpc) is 2.41. The highest BCUT2D eigenvalue weighted by molar-refractivity contribution is 9.10. The third kappa shape index (κ3) is 4.77. The molecule has 2 N–H and O–H groups in total. The Morgan fingerprint density at radius 1 is 1.25 bits per heavy atom. The van der Waals surface area contributed by atoms with Crippen molar-refractivity contribution in [3.63, 3.8) is 0 Å². The predicted molar refractivity (Wildman–Crippen MR) is 88.0 cm³/mol. The van der Waals surface area contributed by atoms with E-state index < -0.39 is 5.82 Å². The van der Waals surface area contributed by atoms with Crippen molar-refractivity contribution in [1.29, 1.82) is 0 Å². The number of benzene rings is 2. The molecule has 2 rings (SSSR count). The second kappa shape index (κ2) is 7.46. The normalized spacial score (nSPS) is 12.4. The summed E-state index contributed by atoms with van der Waals surface area (Å²) < 4.78 is 14.1. The van der Waals surface area contributed by atoms with Crippen molar-refractivity contribution in [3.8, 4) is 0 Å². The minimum absolute atomic E-state index is 0.000472. The van der Waals surface area contributed by atoms with E-state index in [2.05, 4.69) is 28.1 Å². The van der Waals surface area contributed by atoms with Crippen LogP contribution in [0.25, 0.3) is 0 Å². The van der Waals surface area contributed by atoms with Gasteiger partial charge in [-0.3, -0.25) is 0 Å². The molecule has 106 valence electrons. The summed E-state index contributed by atoms with van der Waals surface area (Å²) in [5.41, 5.74) is 7.07. The van der Waals surface area contributed by atoms with Crippen LogP contribution in [0.2, 0.25) is 5.02 Å². The molecule has 0 fully saturated rings. The van der Waals surface area contributed by atoms with Crippen LogP contribution in [-0.4, -0.2) is 11.8 Å². The van der Waals surface area contributed by atoms with Crippen molar-refractivity contribution < 1.29 is 4.39 Å². The van der Waals surface area contributed by atoms with E-state index in [0.717, 1.165) is 15.8 Å². The highest BCUT2D eigenvalue weighted by Gasteiger charge is 2.07. The van der Waals surface area contributed by atoms with E-state index in [4.69, 9.17) is 17.3 Å². The molecule has 0 saturated heterocycles. The molecule has 5 heteroatoms. The Labute approximate surface area is 135 Å². The Morgan fingerprint density at radius 2 is 2.05 bits per heavy atom. The lowest BCUT2D eigenvalue weighted by Gasteiger charge is -2.12. The summed E-state index contributed by atoms with van der Waals surface area (Å²) in [4.78, 5) is 1.17. The fourth-order valence-corrected chi connectivity index (χ4v) is 3.45. The van der Waals surface area contributed by atoms with E-state index in [0.29, 0.717) is 6.42 Å². The summed E-state index contributed by atoms with van der Waals surface area (Å²) in [5.74, 6) is 0.401. The summed E-state index contributed by atoms with van der Waals surface area (Å²) in [6.07, 6.45) is 0.682. The van der Waals surface area contributed by atoms with Gasteiger partial charge in [-0.25, -0.2) is 4.39 Å². The molecule has 0 heterocycles. The van der Waals surface area contributed by atoms with Gasteiger partial charge in [-0.1, -0.05) is 39.7 Å². The molecule has 0 radical (unpaired) electrons. The largest absolute Gasteiger partial charge is 0.327 e. The maximum absolute atomic E-state index is 13.1. The van der Waals surface area contributed by atoms with Crippen LogP contribution in [0.1, 0.15) is 5.56 Å². The fraction of sp³-hybridized carbons (Fsp3) is 0.200. The SMILES string of the molecule is NC(CSc1cccc(Br)c1)Cc1ccc(F)c(Cl)c1. The lowest BCUT2D eigenvalue weighted by molar-refractivity contribution is 0.626. The molecule has 0 saturated carbocycles. The molecule has 1 unspecified atom stereocenters. The molecule has 0 spiro atoms. The smallest absolute Gasteiger partial charge is 0.141 e. The molecular weight excluding hydrogens is 361 g/mol. The van der Waals surface area contributed by atoms with E-state index in [1.54, 1.807) is 23.9 Å².